The van der Waals surface area contributed by atoms with Crippen molar-refractivity contribution in [2.75, 3.05) is 5.73 Å². The number of rotatable bonds is 3. The van der Waals surface area contributed by atoms with Crippen molar-refractivity contribution in [1.29, 1.82) is 0 Å². The van der Waals surface area contributed by atoms with E-state index in [9.17, 15) is 20.1 Å². The zero-order valence-electron chi connectivity index (χ0n) is 12.2. The molecule has 10 nitrogen and oxygen atoms in total. The van der Waals surface area contributed by atoms with Crippen molar-refractivity contribution >= 4 is 22.8 Å². The second-order valence-electron chi connectivity index (χ2n) is 5.48. The van der Waals surface area contributed by atoms with Gasteiger partial charge >= 0.3 is 0 Å². The van der Waals surface area contributed by atoms with E-state index < -0.39 is 36.6 Å². The van der Waals surface area contributed by atoms with Crippen molar-refractivity contribution in [1.82, 2.24) is 14.5 Å². The van der Waals surface area contributed by atoms with Gasteiger partial charge in [-0.05, 0) is 6.92 Å². The number of primary amides is 1. The topological polar surface area (TPSA) is 170 Å². The maximum atomic E-state index is 11.6. The van der Waals surface area contributed by atoms with Gasteiger partial charge < -0.3 is 36.1 Å². The lowest BCUT2D eigenvalue weighted by Crippen LogP contribution is -2.37. The van der Waals surface area contributed by atoms with Crippen LogP contribution in [0.3, 0.4) is 0 Å². The van der Waals surface area contributed by atoms with Crippen LogP contribution in [0.1, 0.15) is 23.5 Å². The minimum Gasteiger partial charge on any atom is -0.391 e. The third kappa shape index (κ3) is 2.32. The third-order valence-corrected chi connectivity index (χ3v) is 3.93. The second kappa shape index (κ2) is 5.42. The molecule has 2 aromatic heterocycles. The molecule has 124 valence electrons. The maximum absolute atomic E-state index is 11.6. The van der Waals surface area contributed by atoms with Gasteiger partial charge in [0.25, 0.3) is 5.91 Å². The zero-order chi connectivity index (χ0) is 16.9. The molecule has 1 fully saturated rings. The maximum Gasteiger partial charge on any atom is 0.251 e. The largest absolute Gasteiger partial charge is 0.391 e. The Hall–Kier alpha value is -2.27. The molecule has 0 radical (unpaired) electrons. The van der Waals surface area contributed by atoms with Crippen LogP contribution in [0.4, 0.5) is 5.82 Å². The Morgan fingerprint density at radius 3 is 2.65 bits per heavy atom. The van der Waals surface area contributed by atoms with Crippen molar-refractivity contribution in [3.05, 3.63) is 18.1 Å². The summed E-state index contributed by atoms with van der Waals surface area (Å²) in [5, 5.41) is 30.1. The second-order valence-corrected chi connectivity index (χ2v) is 5.48. The number of nitrogens with zero attached hydrogens (tertiary/aromatic N) is 3. The van der Waals surface area contributed by atoms with Crippen LogP contribution in [0.2, 0.25) is 0 Å². The van der Waals surface area contributed by atoms with Crippen molar-refractivity contribution in [3.8, 4) is 0 Å². The first kappa shape index (κ1) is 15.6. The molecule has 1 amide bonds. The number of nitrogen functional groups attached to an aromatic ring is 1. The Bertz CT molecular complexity index is 761. The van der Waals surface area contributed by atoms with Crippen molar-refractivity contribution in [2.45, 2.75) is 37.6 Å². The molecular weight excluding hydrogens is 306 g/mol. The number of carbonyl (C=O) groups excluding carboxylic acids is 1. The summed E-state index contributed by atoms with van der Waals surface area (Å²) in [6.45, 7) is 1.44. The highest BCUT2D eigenvalue weighted by molar-refractivity contribution is 6.08. The molecule has 0 aliphatic carbocycles. The lowest BCUT2D eigenvalue weighted by atomic mass is 10.1. The van der Waals surface area contributed by atoms with E-state index in [2.05, 4.69) is 9.97 Å². The summed E-state index contributed by atoms with van der Waals surface area (Å²) in [6.07, 6.45) is -3.14. The van der Waals surface area contributed by atoms with Crippen LogP contribution in [0.25, 0.3) is 11.0 Å². The molecule has 2 aromatic rings. The fourth-order valence-electron chi connectivity index (χ4n) is 2.80. The summed E-state index contributed by atoms with van der Waals surface area (Å²) in [5.74, 6) is -0.682. The van der Waals surface area contributed by atoms with Gasteiger partial charge in [-0.15, -0.1) is 0 Å². The number of hydrogen-bond acceptors (Lipinski definition) is 8. The molecule has 3 rings (SSSR count). The summed E-state index contributed by atoms with van der Waals surface area (Å²) in [6, 6.07) is 0. The summed E-state index contributed by atoms with van der Waals surface area (Å²) in [4.78, 5) is 19.5. The molecule has 10 heteroatoms. The minimum atomic E-state index is -1.33. The number of fused-ring (bicyclic) bond motifs is 1. The molecule has 0 bridgehead atoms. The molecule has 5 atom stereocenters. The van der Waals surface area contributed by atoms with E-state index in [1.54, 1.807) is 0 Å². The van der Waals surface area contributed by atoms with E-state index in [0.29, 0.717) is 0 Å². The fourth-order valence-corrected chi connectivity index (χ4v) is 2.80. The van der Waals surface area contributed by atoms with E-state index in [1.807, 2.05) is 0 Å². The van der Waals surface area contributed by atoms with Crippen LogP contribution in [-0.4, -0.2) is 60.2 Å². The Labute approximate surface area is 130 Å². The van der Waals surface area contributed by atoms with Crippen LogP contribution >= 0.6 is 0 Å². The fraction of sp³-hybridized carbons (Fsp3) is 0.462. The zero-order valence-corrected chi connectivity index (χ0v) is 12.2. The highest BCUT2D eigenvalue weighted by Gasteiger charge is 2.46. The number of aliphatic hydroxyl groups excluding tert-OH is 3. The van der Waals surface area contributed by atoms with Gasteiger partial charge in [-0.25, -0.2) is 9.97 Å². The molecule has 23 heavy (non-hydrogen) atoms. The van der Waals surface area contributed by atoms with E-state index in [4.69, 9.17) is 16.2 Å². The summed E-state index contributed by atoms with van der Waals surface area (Å²) < 4.78 is 6.89. The Balaban J connectivity index is 2.14. The highest BCUT2D eigenvalue weighted by atomic mass is 16.6. The van der Waals surface area contributed by atoms with Crippen LogP contribution in [0.5, 0.6) is 0 Å². The van der Waals surface area contributed by atoms with Gasteiger partial charge in [0.05, 0.1) is 17.1 Å². The van der Waals surface area contributed by atoms with Gasteiger partial charge in [-0.1, -0.05) is 0 Å². The van der Waals surface area contributed by atoms with Crippen LogP contribution in [0.15, 0.2) is 12.5 Å². The summed E-state index contributed by atoms with van der Waals surface area (Å²) in [5.41, 5.74) is 11.4. The van der Waals surface area contributed by atoms with Crippen LogP contribution in [-0.2, 0) is 4.74 Å². The number of hydrogen-bond donors (Lipinski definition) is 5. The van der Waals surface area contributed by atoms with Gasteiger partial charge in [0.15, 0.2) is 6.23 Å². The van der Waals surface area contributed by atoms with E-state index in [0.717, 1.165) is 0 Å². The summed E-state index contributed by atoms with van der Waals surface area (Å²) in [7, 11) is 0. The lowest BCUT2D eigenvalue weighted by Gasteiger charge is -2.18. The van der Waals surface area contributed by atoms with Crippen LogP contribution < -0.4 is 11.5 Å². The molecule has 1 aliphatic rings. The van der Waals surface area contributed by atoms with Crippen molar-refractivity contribution in [3.63, 3.8) is 0 Å². The predicted octanol–water partition coefficient (Wildman–Crippen LogP) is -1.89. The number of nitrogens with two attached hydrogens (primary N) is 2. The first-order valence-electron chi connectivity index (χ1n) is 6.93. The number of ether oxygens (including phenoxy) is 1. The summed E-state index contributed by atoms with van der Waals surface area (Å²) >= 11 is 0. The standard InChI is InChI=1S/C13H17N5O5/c1-4(19)9-7(20)8(21)13(23-9)18-2-5(11(15)22)6-10(14)16-3-17-12(6)18/h2-4,7-9,13,19-21H,1H3,(H2,15,22)(H2,14,16,17)/t4-,7+,8-,9-,13-/m1/s1. The quantitative estimate of drug-likeness (QED) is 0.436. The Kier molecular flexibility index (Phi) is 3.68. The molecule has 0 unspecified atom stereocenters. The third-order valence-electron chi connectivity index (χ3n) is 3.93. The van der Waals surface area contributed by atoms with E-state index >= 15 is 0 Å². The number of anilines is 1. The molecule has 0 saturated carbocycles. The first-order valence-corrected chi connectivity index (χ1v) is 6.93. The normalized spacial score (nSPS) is 29.0. The molecular formula is C13H17N5O5. The van der Waals surface area contributed by atoms with Crippen LogP contribution in [0, 0.1) is 0 Å². The smallest absolute Gasteiger partial charge is 0.251 e. The molecule has 3 heterocycles. The molecule has 0 aromatic carbocycles. The molecule has 7 N–H and O–H groups in total. The highest BCUT2D eigenvalue weighted by Crippen LogP contribution is 2.35. The number of aliphatic hydroxyl groups is 3. The number of amides is 1. The minimum absolute atomic E-state index is 0.0580. The number of carbonyl (C=O) groups is 1. The lowest BCUT2D eigenvalue weighted by molar-refractivity contribution is -0.0776. The average molecular weight is 323 g/mol. The monoisotopic (exact) mass is 323 g/mol. The SMILES string of the molecule is C[C@@H](O)[C@H]1O[C@@H](n2cc(C(N)=O)c3c(N)ncnc32)[C@H](O)[C@@H]1O. The average Bonchev–Trinajstić information content (AvgIpc) is 3.00. The first-order chi connectivity index (χ1) is 10.8. The van der Waals surface area contributed by atoms with Gasteiger partial charge in [-0.2, -0.15) is 0 Å². The van der Waals surface area contributed by atoms with Gasteiger partial charge in [0, 0.05) is 6.20 Å². The Morgan fingerprint density at radius 1 is 1.39 bits per heavy atom. The molecule has 0 spiro atoms. The van der Waals surface area contributed by atoms with Gasteiger partial charge in [0.2, 0.25) is 0 Å². The van der Waals surface area contributed by atoms with Gasteiger partial charge in [-0.3, -0.25) is 4.79 Å². The molecule has 1 saturated heterocycles. The van der Waals surface area contributed by atoms with Gasteiger partial charge in [0.1, 0.15) is 36.1 Å². The molecule has 1 aliphatic heterocycles. The number of aromatic nitrogens is 3. The predicted molar refractivity (Wildman–Crippen MR) is 78.1 cm³/mol. The van der Waals surface area contributed by atoms with E-state index in [1.165, 1.54) is 24.0 Å². The Morgan fingerprint density at radius 2 is 2.09 bits per heavy atom. The van der Waals surface area contributed by atoms with E-state index in [-0.39, 0.29) is 22.4 Å². The van der Waals surface area contributed by atoms with Crippen molar-refractivity contribution in [2.24, 2.45) is 5.73 Å². The van der Waals surface area contributed by atoms with Crippen molar-refractivity contribution < 1.29 is 24.9 Å².